The van der Waals surface area contributed by atoms with Crippen LogP contribution in [0, 0.1) is 11.6 Å². The zero-order chi connectivity index (χ0) is 12.3. The van der Waals surface area contributed by atoms with Crippen LogP contribution < -0.4 is 5.32 Å². The van der Waals surface area contributed by atoms with Crippen molar-refractivity contribution in [2.75, 3.05) is 6.54 Å². The smallest absolute Gasteiger partial charge is 0.164 e. The Balaban J connectivity index is 2.43. The molecule has 90 valence electrons. The van der Waals surface area contributed by atoms with E-state index in [2.05, 4.69) is 20.5 Å². The van der Waals surface area contributed by atoms with Crippen LogP contribution in [0.4, 0.5) is 8.78 Å². The van der Waals surface area contributed by atoms with E-state index in [9.17, 15) is 8.78 Å². The van der Waals surface area contributed by atoms with E-state index in [4.69, 9.17) is 0 Å². The lowest BCUT2D eigenvalue weighted by molar-refractivity contribution is 0.478. The summed E-state index contributed by atoms with van der Waals surface area (Å²) in [6.07, 6.45) is 1.33. The molecule has 0 aliphatic heterocycles. The molecule has 0 radical (unpaired) electrons. The van der Waals surface area contributed by atoms with Crippen molar-refractivity contribution in [2.24, 2.45) is 0 Å². The van der Waals surface area contributed by atoms with Gasteiger partial charge >= 0.3 is 0 Å². The van der Waals surface area contributed by atoms with E-state index >= 15 is 0 Å². The SMILES string of the molecule is CCNC(c1ncn[nH]1)c1cccc(F)c1F. The van der Waals surface area contributed by atoms with Gasteiger partial charge in [-0.05, 0) is 12.6 Å². The minimum atomic E-state index is -0.870. The highest BCUT2D eigenvalue weighted by molar-refractivity contribution is 5.27. The van der Waals surface area contributed by atoms with E-state index in [0.717, 1.165) is 6.07 Å². The molecule has 1 atom stereocenters. The highest BCUT2D eigenvalue weighted by atomic mass is 19.2. The average molecular weight is 238 g/mol. The molecule has 0 fully saturated rings. The third-order valence-electron chi connectivity index (χ3n) is 2.41. The molecular formula is C11H12F2N4. The zero-order valence-corrected chi connectivity index (χ0v) is 9.24. The highest BCUT2D eigenvalue weighted by Crippen LogP contribution is 2.22. The van der Waals surface area contributed by atoms with Crippen LogP contribution in [0.5, 0.6) is 0 Å². The third-order valence-corrected chi connectivity index (χ3v) is 2.41. The molecule has 0 saturated heterocycles. The van der Waals surface area contributed by atoms with Crippen LogP contribution in [0.15, 0.2) is 24.5 Å². The van der Waals surface area contributed by atoms with Crippen LogP contribution in [-0.2, 0) is 0 Å². The molecule has 0 aliphatic rings. The molecule has 2 N–H and O–H groups in total. The summed E-state index contributed by atoms with van der Waals surface area (Å²) in [6.45, 7) is 2.47. The first-order chi connectivity index (χ1) is 8.24. The fraction of sp³-hybridized carbons (Fsp3) is 0.273. The van der Waals surface area contributed by atoms with E-state index in [-0.39, 0.29) is 5.56 Å². The molecule has 0 saturated carbocycles. The number of hydrogen-bond donors (Lipinski definition) is 2. The van der Waals surface area contributed by atoms with E-state index in [1.165, 1.54) is 18.5 Å². The fourth-order valence-electron chi connectivity index (χ4n) is 1.66. The largest absolute Gasteiger partial charge is 0.304 e. The van der Waals surface area contributed by atoms with Crippen LogP contribution in [0.25, 0.3) is 0 Å². The molecule has 2 aromatic rings. The zero-order valence-electron chi connectivity index (χ0n) is 9.24. The van der Waals surface area contributed by atoms with E-state index in [1.54, 1.807) is 0 Å². The molecule has 6 heteroatoms. The van der Waals surface area contributed by atoms with Crippen LogP contribution in [0.2, 0.25) is 0 Å². The lowest BCUT2D eigenvalue weighted by Crippen LogP contribution is -2.24. The monoisotopic (exact) mass is 238 g/mol. The Morgan fingerprint density at radius 1 is 1.41 bits per heavy atom. The van der Waals surface area contributed by atoms with Gasteiger partial charge in [0.1, 0.15) is 12.2 Å². The van der Waals surface area contributed by atoms with Gasteiger partial charge in [0.25, 0.3) is 0 Å². The molecule has 0 spiro atoms. The van der Waals surface area contributed by atoms with Gasteiger partial charge < -0.3 is 5.32 Å². The number of halogens is 2. The number of aromatic nitrogens is 3. The maximum Gasteiger partial charge on any atom is 0.164 e. The average Bonchev–Trinajstić information content (AvgIpc) is 2.84. The number of aromatic amines is 1. The normalized spacial score (nSPS) is 12.6. The Bertz CT molecular complexity index is 484. The lowest BCUT2D eigenvalue weighted by Gasteiger charge is -2.16. The van der Waals surface area contributed by atoms with Crippen molar-refractivity contribution < 1.29 is 8.78 Å². The molecule has 1 heterocycles. The number of rotatable bonds is 4. The first kappa shape index (κ1) is 11.7. The molecule has 1 unspecified atom stereocenters. The lowest BCUT2D eigenvalue weighted by atomic mass is 10.1. The summed E-state index contributed by atoms with van der Waals surface area (Å²) < 4.78 is 26.9. The summed E-state index contributed by atoms with van der Waals surface area (Å²) >= 11 is 0. The van der Waals surface area contributed by atoms with Gasteiger partial charge in [-0.3, -0.25) is 5.10 Å². The third kappa shape index (κ3) is 2.31. The Morgan fingerprint density at radius 2 is 2.24 bits per heavy atom. The van der Waals surface area contributed by atoms with Gasteiger partial charge in [0.2, 0.25) is 0 Å². The van der Waals surface area contributed by atoms with Crippen molar-refractivity contribution in [1.82, 2.24) is 20.5 Å². The predicted octanol–water partition coefficient (Wildman–Crippen LogP) is 1.78. The van der Waals surface area contributed by atoms with Gasteiger partial charge in [-0.15, -0.1) is 0 Å². The summed E-state index contributed by atoms with van der Waals surface area (Å²) in [5, 5.41) is 9.39. The summed E-state index contributed by atoms with van der Waals surface area (Å²) in [4.78, 5) is 3.96. The standard InChI is InChI=1S/C11H12F2N4/c1-2-14-10(11-15-6-16-17-11)7-4-3-5-8(12)9(7)13/h3-6,10,14H,2H2,1H3,(H,15,16,17). The summed E-state index contributed by atoms with van der Waals surface area (Å²) in [7, 11) is 0. The Hall–Kier alpha value is -1.82. The number of nitrogens with zero attached hydrogens (tertiary/aromatic N) is 2. The summed E-state index contributed by atoms with van der Waals surface area (Å²) in [5.41, 5.74) is 0.212. The molecule has 4 nitrogen and oxygen atoms in total. The second-order valence-electron chi connectivity index (χ2n) is 3.50. The first-order valence-corrected chi connectivity index (χ1v) is 5.26. The minimum Gasteiger partial charge on any atom is -0.304 e. The molecule has 0 aliphatic carbocycles. The van der Waals surface area contributed by atoms with Gasteiger partial charge in [-0.1, -0.05) is 19.1 Å². The maximum atomic E-state index is 13.7. The number of H-pyrrole nitrogens is 1. The van der Waals surface area contributed by atoms with Crippen LogP contribution in [-0.4, -0.2) is 21.7 Å². The maximum absolute atomic E-state index is 13.7. The fourth-order valence-corrected chi connectivity index (χ4v) is 1.66. The van der Waals surface area contributed by atoms with E-state index in [0.29, 0.717) is 12.4 Å². The van der Waals surface area contributed by atoms with Crippen molar-refractivity contribution >= 4 is 0 Å². The van der Waals surface area contributed by atoms with Gasteiger partial charge in [0.15, 0.2) is 11.6 Å². The number of nitrogens with one attached hydrogen (secondary N) is 2. The second kappa shape index (κ2) is 5.01. The van der Waals surface area contributed by atoms with Crippen molar-refractivity contribution in [1.29, 1.82) is 0 Å². The van der Waals surface area contributed by atoms with Crippen molar-refractivity contribution in [3.05, 3.63) is 47.5 Å². The first-order valence-electron chi connectivity index (χ1n) is 5.26. The summed E-state index contributed by atoms with van der Waals surface area (Å²) in [5.74, 6) is -1.28. The second-order valence-corrected chi connectivity index (χ2v) is 3.50. The molecule has 1 aromatic carbocycles. The van der Waals surface area contributed by atoms with Crippen molar-refractivity contribution in [3.63, 3.8) is 0 Å². The van der Waals surface area contributed by atoms with E-state index < -0.39 is 17.7 Å². The topological polar surface area (TPSA) is 53.6 Å². The number of hydrogen-bond acceptors (Lipinski definition) is 3. The van der Waals surface area contributed by atoms with Crippen molar-refractivity contribution in [2.45, 2.75) is 13.0 Å². The Kier molecular flexibility index (Phi) is 3.43. The molecule has 0 amide bonds. The number of benzene rings is 1. The van der Waals surface area contributed by atoms with Gasteiger partial charge in [-0.2, -0.15) is 5.10 Å². The predicted molar refractivity (Wildman–Crippen MR) is 58.3 cm³/mol. The molecular weight excluding hydrogens is 226 g/mol. The highest BCUT2D eigenvalue weighted by Gasteiger charge is 2.21. The van der Waals surface area contributed by atoms with Crippen molar-refractivity contribution in [3.8, 4) is 0 Å². The van der Waals surface area contributed by atoms with E-state index in [1.807, 2.05) is 6.92 Å². The van der Waals surface area contributed by atoms with Crippen LogP contribution in [0.3, 0.4) is 0 Å². The van der Waals surface area contributed by atoms with Crippen LogP contribution >= 0.6 is 0 Å². The van der Waals surface area contributed by atoms with Gasteiger partial charge in [0, 0.05) is 5.56 Å². The van der Waals surface area contributed by atoms with Gasteiger partial charge in [-0.25, -0.2) is 13.8 Å². The summed E-state index contributed by atoms with van der Waals surface area (Å²) in [6, 6.07) is 3.54. The molecule has 0 bridgehead atoms. The Morgan fingerprint density at radius 3 is 2.88 bits per heavy atom. The minimum absolute atomic E-state index is 0.212. The Labute approximate surface area is 97.1 Å². The molecule has 1 aromatic heterocycles. The molecule has 17 heavy (non-hydrogen) atoms. The quantitative estimate of drug-likeness (QED) is 0.853. The molecule has 2 rings (SSSR count). The van der Waals surface area contributed by atoms with Crippen LogP contribution in [0.1, 0.15) is 24.4 Å². The van der Waals surface area contributed by atoms with Gasteiger partial charge in [0.05, 0.1) is 6.04 Å².